The van der Waals surface area contributed by atoms with Crippen LogP contribution in [0.3, 0.4) is 0 Å². The summed E-state index contributed by atoms with van der Waals surface area (Å²) < 4.78 is 13.3. The van der Waals surface area contributed by atoms with Crippen molar-refractivity contribution in [2.75, 3.05) is 0 Å². The molecule has 0 atom stereocenters. The summed E-state index contributed by atoms with van der Waals surface area (Å²) in [5, 5.41) is 10.1. The van der Waals surface area contributed by atoms with E-state index in [1.165, 1.54) is 27.1 Å². The number of nitrogens with zero attached hydrogens (tertiary/aromatic N) is 5. The number of fused-ring (bicyclic) bond motifs is 16. The first-order valence-corrected chi connectivity index (χ1v) is 16.7. The smallest absolute Gasteiger partial charge is 0.503 e. The molecule has 0 unspecified atom stereocenters. The van der Waals surface area contributed by atoms with E-state index in [2.05, 4.69) is 135 Å². The number of pyridine rings is 2. The van der Waals surface area contributed by atoms with Crippen LogP contribution in [0.2, 0.25) is 0 Å². The van der Waals surface area contributed by atoms with Crippen molar-refractivity contribution in [2.24, 2.45) is 0 Å². The van der Waals surface area contributed by atoms with Gasteiger partial charge in [-0.3, -0.25) is 4.98 Å². The molecule has 7 heteroatoms. The Morgan fingerprint density at radius 2 is 1.22 bits per heavy atom. The molecule has 0 spiro atoms. The second kappa shape index (κ2) is 10.4. The molecule has 0 bridgehead atoms. The molecule has 0 radical (unpaired) electrons. The average molecular weight is 744 g/mol. The number of para-hydroxylation sites is 3. The van der Waals surface area contributed by atoms with Gasteiger partial charge in [0.15, 0.2) is 0 Å². The Balaban J connectivity index is 0.00000310. The monoisotopic (exact) mass is 743 g/mol. The molecule has 0 fully saturated rings. The van der Waals surface area contributed by atoms with Gasteiger partial charge >= 0.3 is 20.4 Å². The van der Waals surface area contributed by atoms with Gasteiger partial charge in [0.2, 0.25) is 0 Å². The normalized spacial score (nSPS) is 12.2. The van der Waals surface area contributed by atoms with Gasteiger partial charge in [-0.15, -0.1) is 29.7 Å². The molecule has 12 rings (SSSR count). The van der Waals surface area contributed by atoms with Gasteiger partial charge in [0.1, 0.15) is 5.65 Å². The van der Waals surface area contributed by atoms with Gasteiger partial charge in [-0.05, 0) is 47.2 Å². The molecule has 6 heterocycles. The maximum Gasteiger partial charge on any atom is 2.00 e. The van der Waals surface area contributed by atoms with Crippen molar-refractivity contribution >= 4 is 87.4 Å². The van der Waals surface area contributed by atoms with E-state index in [0.29, 0.717) is 11.5 Å². The fourth-order valence-electron chi connectivity index (χ4n) is 8.33. The summed E-state index contributed by atoms with van der Waals surface area (Å²) in [6, 6.07) is 49.7. The Bertz CT molecular complexity index is 3360. The minimum absolute atomic E-state index is 0. The van der Waals surface area contributed by atoms with Crippen molar-refractivity contribution in [3.8, 4) is 17.2 Å². The van der Waals surface area contributed by atoms with E-state index in [0.717, 1.165) is 66.0 Å². The Labute approximate surface area is 303 Å². The molecule has 12 aromatic rings. The fraction of sp³-hybridized carbons (Fsp3) is 0. The van der Waals surface area contributed by atoms with E-state index in [9.17, 15) is 0 Å². The maximum atomic E-state index is 6.53. The third-order valence-electron chi connectivity index (χ3n) is 10.3. The number of ether oxygens (including phenoxy) is 1. The molecule has 0 N–H and O–H groups in total. The number of benzene rings is 6. The molecule has 0 amide bonds. The van der Waals surface area contributed by atoms with E-state index >= 15 is 0 Å². The first-order valence-electron chi connectivity index (χ1n) is 16.7. The number of aromatic nitrogens is 5. The molecule has 240 valence electrons. The summed E-state index contributed by atoms with van der Waals surface area (Å²) >= 11 is 0. The van der Waals surface area contributed by atoms with Crippen LogP contribution in [0.15, 0.2) is 140 Å². The SMILES string of the molecule is [Pd+2].[c-]1c(Oc2[c-]c3c(cc2)c2cccc4c5cccnc5n3c24)ccc2c1c1nccn1c1c2ccc2c1c1ccccc1n2-c1ccccc1. The van der Waals surface area contributed by atoms with Crippen LogP contribution in [0.25, 0.3) is 93.0 Å². The van der Waals surface area contributed by atoms with Gasteiger partial charge in [0, 0.05) is 68.4 Å². The quantitative estimate of drug-likeness (QED) is 0.103. The average Bonchev–Trinajstić information content (AvgIpc) is 3.94. The summed E-state index contributed by atoms with van der Waals surface area (Å²) in [5.74, 6) is 1.23. The van der Waals surface area contributed by atoms with Gasteiger partial charge in [0.05, 0.1) is 16.7 Å². The summed E-state index contributed by atoms with van der Waals surface area (Å²) in [6.07, 6.45) is 5.76. The van der Waals surface area contributed by atoms with Crippen LogP contribution in [0, 0.1) is 12.1 Å². The van der Waals surface area contributed by atoms with E-state index < -0.39 is 0 Å². The fourth-order valence-corrected chi connectivity index (χ4v) is 8.33. The van der Waals surface area contributed by atoms with Gasteiger partial charge < -0.3 is 18.1 Å². The minimum atomic E-state index is 0. The molecule has 0 saturated heterocycles. The van der Waals surface area contributed by atoms with Gasteiger partial charge in [-0.25, -0.2) is 4.98 Å². The predicted octanol–water partition coefficient (Wildman–Crippen LogP) is 10.7. The molecule has 51 heavy (non-hydrogen) atoms. The first kappa shape index (κ1) is 28.6. The summed E-state index contributed by atoms with van der Waals surface area (Å²) in [5.41, 5.74) is 8.45. The van der Waals surface area contributed by atoms with Crippen LogP contribution in [0.4, 0.5) is 0 Å². The van der Waals surface area contributed by atoms with Crippen molar-refractivity contribution in [1.82, 2.24) is 23.3 Å². The van der Waals surface area contributed by atoms with Crippen molar-refractivity contribution in [1.29, 1.82) is 0 Å². The van der Waals surface area contributed by atoms with E-state index in [1.807, 2.05) is 30.6 Å². The molecular formula is C44H23N5OPd. The molecule has 6 aromatic carbocycles. The zero-order valence-electron chi connectivity index (χ0n) is 26.7. The Kier molecular flexibility index (Phi) is 5.81. The summed E-state index contributed by atoms with van der Waals surface area (Å²) in [4.78, 5) is 9.62. The van der Waals surface area contributed by atoms with Crippen LogP contribution in [-0.4, -0.2) is 23.3 Å². The van der Waals surface area contributed by atoms with E-state index in [1.54, 1.807) is 0 Å². The van der Waals surface area contributed by atoms with E-state index in [4.69, 9.17) is 14.7 Å². The van der Waals surface area contributed by atoms with Crippen LogP contribution < -0.4 is 4.74 Å². The predicted molar refractivity (Wildman–Crippen MR) is 201 cm³/mol. The molecule has 0 aliphatic carbocycles. The van der Waals surface area contributed by atoms with Crippen LogP contribution in [-0.2, 0) is 20.4 Å². The number of rotatable bonds is 3. The zero-order valence-corrected chi connectivity index (χ0v) is 28.3. The van der Waals surface area contributed by atoms with Crippen LogP contribution >= 0.6 is 0 Å². The molecule has 6 nitrogen and oxygen atoms in total. The Hall–Kier alpha value is -6.26. The number of hydrogen-bond donors (Lipinski definition) is 0. The van der Waals surface area contributed by atoms with Gasteiger partial charge in [-0.1, -0.05) is 83.0 Å². The standard InChI is InChI=1S/C44H23N5O.Pd/c1-2-8-26(9-3-1)48-37-14-5-4-10-35(37)40-38(48)20-19-33-29-17-15-27(24-36(29)43-46-22-23-47(43)42(33)40)50-28-16-18-30-31-11-6-12-32-34-13-7-21-45-44(34)49(41(31)32)39(30)25-28;/h1-23H;/q-2;+2. The number of imidazole rings is 1. The minimum Gasteiger partial charge on any atom is -0.503 e. The van der Waals surface area contributed by atoms with Gasteiger partial charge in [-0.2, -0.15) is 6.07 Å². The summed E-state index contributed by atoms with van der Waals surface area (Å²) in [6.45, 7) is 0. The largest absolute Gasteiger partial charge is 2.00 e. The Morgan fingerprint density at radius 1 is 0.510 bits per heavy atom. The topological polar surface area (TPSA) is 48.8 Å². The molecular weight excluding hydrogens is 721 g/mol. The van der Waals surface area contributed by atoms with Crippen molar-refractivity contribution in [3.63, 3.8) is 0 Å². The Morgan fingerprint density at radius 3 is 2.12 bits per heavy atom. The molecule has 0 saturated carbocycles. The van der Waals surface area contributed by atoms with Crippen molar-refractivity contribution in [2.45, 2.75) is 0 Å². The van der Waals surface area contributed by atoms with Crippen LogP contribution in [0.1, 0.15) is 0 Å². The maximum absolute atomic E-state index is 6.53. The second-order valence-electron chi connectivity index (χ2n) is 12.9. The molecule has 0 aliphatic rings. The second-order valence-corrected chi connectivity index (χ2v) is 12.9. The molecule has 6 aromatic heterocycles. The van der Waals surface area contributed by atoms with Crippen molar-refractivity contribution < 1.29 is 25.2 Å². The zero-order chi connectivity index (χ0) is 32.5. The number of hydrogen-bond acceptors (Lipinski definition) is 3. The first-order chi connectivity index (χ1) is 24.8. The summed E-state index contributed by atoms with van der Waals surface area (Å²) in [7, 11) is 0. The third kappa shape index (κ3) is 3.74. The van der Waals surface area contributed by atoms with E-state index in [-0.39, 0.29) is 20.4 Å². The third-order valence-corrected chi connectivity index (χ3v) is 10.3. The van der Waals surface area contributed by atoms with Gasteiger partial charge in [0.25, 0.3) is 0 Å². The van der Waals surface area contributed by atoms with Crippen molar-refractivity contribution in [3.05, 3.63) is 152 Å². The molecule has 0 aliphatic heterocycles. The van der Waals surface area contributed by atoms with Crippen LogP contribution in [0.5, 0.6) is 11.5 Å².